The van der Waals surface area contributed by atoms with Gasteiger partial charge in [0.05, 0.1) is 45.2 Å². The summed E-state index contributed by atoms with van der Waals surface area (Å²) in [6, 6.07) is 0. The first-order chi connectivity index (χ1) is 12.4. The zero-order valence-electron chi connectivity index (χ0n) is 18.7. The number of aliphatic hydroxyl groups excluding tert-OH is 2. The second-order valence-electron chi connectivity index (χ2n) is 10.6. The van der Waals surface area contributed by atoms with Gasteiger partial charge >= 0.3 is 0 Å². The summed E-state index contributed by atoms with van der Waals surface area (Å²) in [5.41, 5.74) is 0.0665. The highest BCUT2D eigenvalue weighted by atomic mass is 16.5. The summed E-state index contributed by atoms with van der Waals surface area (Å²) in [6.45, 7) is 18.2. The third-order valence-corrected chi connectivity index (χ3v) is 5.08. The topological polar surface area (TPSA) is 68.2 Å². The third-order valence-electron chi connectivity index (χ3n) is 5.08. The molecule has 0 radical (unpaired) electrons. The summed E-state index contributed by atoms with van der Waals surface area (Å²) in [4.78, 5) is 0. The minimum atomic E-state index is -0.446. The molecule has 0 saturated heterocycles. The smallest absolute Gasteiger partial charge is 0.0745 e. The molecule has 0 spiro atoms. The van der Waals surface area contributed by atoms with E-state index in [1.54, 1.807) is 13.8 Å². The highest BCUT2D eigenvalue weighted by molar-refractivity contribution is 4.99. The molecule has 0 bridgehead atoms. The van der Waals surface area contributed by atoms with Crippen LogP contribution in [0, 0.1) is 22.2 Å². The van der Waals surface area contributed by atoms with E-state index in [1.165, 1.54) is 0 Å². The number of aliphatic hydroxyl groups is 2. The van der Waals surface area contributed by atoms with E-state index in [0.29, 0.717) is 32.3 Å². The molecule has 4 unspecified atom stereocenters. The van der Waals surface area contributed by atoms with Gasteiger partial charge in [0, 0.05) is 6.61 Å². The fraction of sp³-hybridized carbons (Fsp3) is 1.00. The minimum Gasteiger partial charge on any atom is -0.391 e. The quantitative estimate of drug-likeness (QED) is 0.534. The Morgan fingerprint density at radius 2 is 0.926 bits per heavy atom. The highest BCUT2D eigenvalue weighted by Crippen LogP contribution is 2.54. The van der Waals surface area contributed by atoms with E-state index in [1.807, 2.05) is 0 Å². The fourth-order valence-electron chi connectivity index (χ4n) is 5.08. The van der Waals surface area contributed by atoms with Crippen molar-refractivity contribution in [1.29, 1.82) is 0 Å². The summed E-state index contributed by atoms with van der Waals surface area (Å²) in [5.74, 6) is 0.527. The monoisotopic (exact) mass is 388 g/mol. The van der Waals surface area contributed by atoms with Gasteiger partial charge in [0.2, 0.25) is 0 Å². The van der Waals surface area contributed by atoms with Gasteiger partial charge in [0.25, 0.3) is 0 Å². The van der Waals surface area contributed by atoms with Crippen LogP contribution in [-0.2, 0) is 14.2 Å². The molecule has 0 aromatic heterocycles. The van der Waals surface area contributed by atoms with E-state index < -0.39 is 12.2 Å². The SMILES string of the molecule is CC(C)COCC1(C)CC(C)(COCC(C)O)CC(C)(COCC(C)O)C1. The summed E-state index contributed by atoms with van der Waals surface area (Å²) < 4.78 is 17.7. The van der Waals surface area contributed by atoms with Gasteiger partial charge < -0.3 is 24.4 Å². The van der Waals surface area contributed by atoms with Crippen LogP contribution in [0.1, 0.15) is 67.7 Å². The Balaban J connectivity index is 2.83. The lowest BCUT2D eigenvalue weighted by Gasteiger charge is -2.52. The lowest BCUT2D eigenvalue weighted by atomic mass is 9.55. The third kappa shape index (κ3) is 9.71. The average Bonchev–Trinajstić information content (AvgIpc) is 2.43. The first-order valence-electron chi connectivity index (χ1n) is 10.5. The van der Waals surface area contributed by atoms with E-state index >= 15 is 0 Å². The average molecular weight is 389 g/mol. The molecular formula is C22H44O5. The molecule has 0 aromatic rings. The van der Waals surface area contributed by atoms with Gasteiger partial charge in [0.15, 0.2) is 0 Å². The maximum Gasteiger partial charge on any atom is 0.0745 e. The van der Waals surface area contributed by atoms with Crippen LogP contribution in [0.15, 0.2) is 0 Å². The van der Waals surface area contributed by atoms with E-state index in [4.69, 9.17) is 14.2 Å². The fourth-order valence-corrected chi connectivity index (χ4v) is 5.08. The van der Waals surface area contributed by atoms with Gasteiger partial charge in [-0.1, -0.05) is 34.6 Å². The molecule has 1 saturated carbocycles. The molecule has 0 aromatic carbocycles. The van der Waals surface area contributed by atoms with Gasteiger partial charge in [0.1, 0.15) is 0 Å². The lowest BCUT2D eigenvalue weighted by molar-refractivity contribution is -0.119. The first-order valence-corrected chi connectivity index (χ1v) is 10.5. The zero-order valence-corrected chi connectivity index (χ0v) is 18.7. The van der Waals surface area contributed by atoms with Crippen molar-refractivity contribution in [2.75, 3.05) is 39.6 Å². The van der Waals surface area contributed by atoms with Crippen molar-refractivity contribution in [2.45, 2.75) is 79.9 Å². The Hall–Kier alpha value is -0.200. The molecule has 0 heterocycles. The molecule has 1 rings (SSSR count). The normalized spacial score (nSPS) is 34.0. The van der Waals surface area contributed by atoms with Crippen molar-refractivity contribution in [1.82, 2.24) is 0 Å². The molecular weight excluding hydrogens is 344 g/mol. The first kappa shape index (κ1) is 24.8. The molecule has 162 valence electrons. The summed E-state index contributed by atoms with van der Waals surface area (Å²) in [7, 11) is 0. The van der Waals surface area contributed by atoms with Crippen LogP contribution in [-0.4, -0.2) is 62.1 Å². The summed E-state index contributed by atoms with van der Waals surface area (Å²) in [5, 5.41) is 19.0. The predicted octanol–water partition coefficient (Wildman–Crippen LogP) is 3.66. The van der Waals surface area contributed by atoms with Crippen molar-refractivity contribution < 1.29 is 24.4 Å². The maximum atomic E-state index is 9.52. The molecule has 4 atom stereocenters. The van der Waals surface area contributed by atoms with Gasteiger partial charge in [-0.05, 0) is 55.3 Å². The van der Waals surface area contributed by atoms with Crippen molar-refractivity contribution in [2.24, 2.45) is 22.2 Å². The lowest BCUT2D eigenvalue weighted by Crippen LogP contribution is -2.48. The Labute approximate surface area is 166 Å². The standard InChI is InChI=1S/C22H44O5/c1-17(2)8-25-14-20(5)11-21(6,15-26-9-18(3)23)13-22(7,12-20)16-27-10-19(4)24/h17-19,23-24H,8-16H2,1-7H3. The van der Waals surface area contributed by atoms with E-state index in [0.717, 1.165) is 32.5 Å². The number of ether oxygens (including phenoxy) is 3. The zero-order chi connectivity index (χ0) is 20.7. The molecule has 27 heavy (non-hydrogen) atoms. The van der Waals surface area contributed by atoms with Crippen LogP contribution in [0.25, 0.3) is 0 Å². The van der Waals surface area contributed by atoms with Crippen LogP contribution < -0.4 is 0 Å². The van der Waals surface area contributed by atoms with Crippen molar-refractivity contribution in [3.63, 3.8) is 0 Å². The second-order valence-corrected chi connectivity index (χ2v) is 10.6. The molecule has 1 aliphatic carbocycles. The number of hydrogen-bond donors (Lipinski definition) is 2. The van der Waals surface area contributed by atoms with Gasteiger partial charge in [-0.2, -0.15) is 0 Å². The molecule has 1 fully saturated rings. The van der Waals surface area contributed by atoms with Crippen LogP contribution in [0.5, 0.6) is 0 Å². The van der Waals surface area contributed by atoms with Crippen LogP contribution in [0.3, 0.4) is 0 Å². The van der Waals surface area contributed by atoms with Crippen LogP contribution in [0.2, 0.25) is 0 Å². The second kappa shape index (κ2) is 10.5. The Morgan fingerprint density at radius 3 is 1.19 bits per heavy atom. The molecule has 2 N–H and O–H groups in total. The van der Waals surface area contributed by atoms with Crippen molar-refractivity contribution in [3.8, 4) is 0 Å². The Morgan fingerprint density at radius 1 is 0.630 bits per heavy atom. The van der Waals surface area contributed by atoms with Crippen LogP contribution in [0.4, 0.5) is 0 Å². The molecule has 0 amide bonds. The number of rotatable bonds is 12. The summed E-state index contributed by atoms with van der Waals surface area (Å²) >= 11 is 0. The molecule has 0 aliphatic heterocycles. The van der Waals surface area contributed by atoms with Gasteiger partial charge in [-0.15, -0.1) is 0 Å². The highest BCUT2D eigenvalue weighted by Gasteiger charge is 2.49. The van der Waals surface area contributed by atoms with E-state index in [-0.39, 0.29) is 16.2 Å². The maximum absolute atomic E-state index is 9.52. The molecule has 5 nitrogen and oxygen atoms in total. The van der Waals surface area contributed by atoms with E-state index in [9.17, 15) is 10.2 Å². The van der Waals surface area contributed by atoms with Crippen LogP contribution >= 0.6 is 0 Å². The van der Waals surface area contributed by atoms with E-state index in [2.05, 4.69) is 34.6 Å². The minimum absolute atomic E-state index is 0.00597. The molecule has 1 aliphatic rings. The van der Waals surface area contributed by atoms with Gasteiger partial charge in [-0.25, -0.2) is 0 Å². The van der Waals surface area contributed by atoms with Crippen molar-refractivity contribution in [3.05, 3.63) is 0 Å². The largest absolute Gasteiger partial charge is 0.391 e. The van der Waals surface area contributed by atoms with Crippen molar-refractivity contribution >= 4 is 0 Å². The number of hydrogen-bond acceptors (Lipinski definition) is 5. The Bertz CT molecular complexity index is 351. The molecule has 5 heteroatoms. The predicted molar refractivity (Wildman–Crippen MR) is 109 cm³/mol. The van der Waals surface area contributed by atoms with Gasteiger partial charge in [-0.3, -0.25) is 0 Å². The summed E-state index contributed by atoms with van der Waals surface area (Å²) in [6.07, 6.45) is 2.17. The Kier molecular flexibility index (Phi) is 9.70.